The van der Waals surface area contributed by atoms with E-state index in [1.54, 1.807) is 0 Å². The summed E-state index contributed by atoms with van der Waals surface area (Å²) in [7, 11) is 1.95. The maximum absolute atomic E-state index is 6.33. The van der Waals surface area contributed by atoms with E-state index in [0.29, 0.717) is 0 Å². The molecule has 3 rings (SSSR count). The Labute approximate surface area is 169 Å². The smallest absolute Gasteiger partial charge is 0.0983 e. The third-order valence-corrected chi connectivity index (χ3v) is 6.90. The van der Waals surface area contributed by atoms with Crippen LogP contribution in [0.4, 0.5) is 0 Å². The van der Waals surface area contributed by atoms with Gasteiger partial charge in [0.1, 0.15) is 0 Å². The van der Waals surface area contributed by atoms with Crippen LogP contribution in [0, 0.1) is 24.7 Å². The Morgan fingerprint density at radius 1 is 0.926 bits per heavy atom. The summed E-state index contributed by atoms with van der Waals surface area (Å²) in [4.78, 5) is 0. The SMILES string of the molecule is CCCCC(C)C.COC(c1ccc(C)cc1)(C1CCCC1)C1CCCC1. The van der Waals surface area contributed by atoms with Crippen molar-refractivity contribution in [1.29, 1.82) is 0 Å². The molecule has 0 radical (unpaired) electrons. The molecule has 2 fully saturated rings. The molecule has 1 nitrogen and oxygen atoms in total. The molecule has 0 bridgehead atoms. The predicted molar refractivity (Wildman–Crippen MR) is 118 cm³/mol. The Bertz CT molecular complexity index is 488. The van der Waals surface area contributed by atoms with E-state index >= 15 is 0 Å². The molecule has 0 saturated heterocycles. The van der Waals surface area contributed by atoms with Gasteiger partial charge in [0.2, 0.25) is 0 Å². The fraction of sp³-hybridized carbons (Fsp3) is 0.769. The summed E-state index contributed by atoms with van der Waals surface area (Å²) in [6.07, 6.45) is 15.1. The molecule has 0 amide bonds. The summed E-state index contributed by atoms with van der Waals surface area (Å²) in [5.74, 6) is 2.34. The Hall–Kier alpha value is -0.820. The van der Waals surface area contributed by atoms with E-state index < -0.39 is 0 Å². The van der Waals surface area contributed by atoms with Gasteiger partial charge in [0.15, 0.2) is 0 Å². The molecule has 1 aromatic carbocycles. The first-order valence-corrected chi connectivity index (χ1v) is 11.7. The van der Waals surface area contributed by atoms with Gasteiger partial charge in [0.25, 0.3) is 0 Å². The zero-order chi connectivity index (χ0) is 19.7. The van der Waals surface area contributed by atoms with Gasteiger partial charge >= 0.3 is 0 Å². The number of benzene rings is 1. The molecule has 0 spiro atoms. The lowest BCUT2D eigenvalue weighted by molar-refractivity contribution is -0.107. The first-order chi connectivity index (χ1) is 13.0. The topological polar surface area (TPSA) is 9.23 Å². The van der Waals surface area contributed by atoms with Crippen molar-refractivity contribution in [3.63, 3.8) is 0 Å². The lowest BCUT2D eigenvalue weighted by atomic mass is 9.70. The van der Waals surface area contributed by atoms with Crippen LogP contribution in [0.15, 0.2) is 24.3 Å². The molecule has 2 aliphatic rings. The zero-order valence-corrected chi connectivity index (χ0v) is 18.7. The largest absolute Gasteiger partial charge is 0.373 e. The molecule has 154 valence electrons. The van der Waals surface area contributed by atoms with Gasteiger partial charge in [-0.05, 0) is 55.9 Å². The molecule has 2 saturated carbocycles. The summed E-state index contributed by atoms with van der Waals surface area (Å²) < 4.78 is 6.33. The van der Waals surface area contributed by atoms with Gasteiger partial charge < -0.3 is 4.74 Å². The molecule has 27 heavy (non-hydrogen) atoms. The van der Waals surface area contributed by atoms with Gasteiger partial charge in [-0.2, -0.15) is 0 Å². The highest BCUT2D eigenvalue weighted by Crippen LogP contribution is 2.52. The highest BCUT2D eigenvalue weighted by Gasteiger charge is 2.48. The highest BCUT2D eigenvalue weighted by molar-refractivity contribution is 5.29. The summed E-state index contributed by atoms with van der Waals surface area (Å²) in [5.41, 5.74) is 2.77. The molecule has 0 aromatic heterocycles. The summed E-state index contributed by atoms with van der Waals surface area (Å²) >= 11 is 0. The third-order valence-electron chi connectivity index (χ3n) is 6.90. The molecule has 0 aliphatic heterocycles. The van der Waals surface area contributed by atoms with Crippen molar-refractivity contribution >= 4 is 0 Å². The normalized spacial score (nSPS) is 18.7. The monoisotopic (exact) mass is 372 g/mol. The summed E-state index contributed by atoms with van der Waals surface area (Å²) in [5, 5.41) is 0. The minimum Gasteiger partial charge on any atom is -0.373 e. The van der Waals surface area contributed by atoms with Crippen LogP contribution in [-0.4, -0.2) is 7.11 Å². The van der Waals surface area contributed by atoms with Crippen molar-refractivity contribution in [2.45, 2.75) is 104 Å². The Balaban J connectivity index is 0.000000321. The molecule has 0 atom stereocenters. The van der Waals surface area contributed by atoms with E-state index in [0.717, 1.165) is 17.8 Å². The molecule has 0 N–H and O–H groups in total. The molecule has 1 aromatic rings. The quantitative estimate of drug-likeness (QED) is 0.470. The van der Waals surface area contributed by atoms with Crippen LogP contribution in [0.5, 0.6) is 0 Å². The molecule has 0 heterocycles. The van der Waals surface area contributed by atoms with E-state index in [4.69, 9.17) is 4.74 Å². The van der Waals surface area contributed by atoms with Gasteiger partial charge in [-0.25, -0.2) is 0 Å². The minimum atomic E-state index is -0.0132. The van der Waals surface area contributed by atoms with E-state index in [1.165, 1.54) is 81.8 Å². The van der Waals surface area contributed by atoms with E-state index in [9.17, 15) is 0 Å². The average molecular weight is 373 g/mol. The summed E-state index contributed by atoms with van der Waals surface area (Å²) in [6.45, 7) is 8.96. The van der Waals surface area contributed by atoms with Crippen LogP contribution in [0.2, 0.25) is 0 Å². The van der Waals surface area contributed by atoms with Crippen molar-refractivity contribution in [3.8, 4) is 0 Å². The van der Waals surface area contributed by atoms with Crippen molar-refractivity contribution in [2.75, 3.05) is 7.11 Å². The zero-order valence-electron chi connectivity index (χ0n) is 18.7. The van der Waals surface area contributed by atoms with Crippen LogP contribution >= 0.6 is 0 Å². The second-order valence-corrected chi connectivity index (χ2v) is 9.36. The lowest BCUT2D eigenvalue weighted by Crippen LogP contribution is -2.42. The Morgan fingerprint density at radius 3 is 1.74 bits per heavy atom. The fourth-order valence-electron chi connectivity index (χ4n) is 5.39. The third kappa shape index (κ3) is 5.83. The first-order valence-electron chi connectivity index (χ1n) is 11.7. The van der Waals surface area contributed by atoms with Crippen LogP contribution in [-0.2, 0) is 10.3 Å². The molecular formula is C26H44O. The number of hydrogen-bond donors (Lipinski definition) is 0. The van der Waals surface area contributed by atoms with Gasteiger partial charge in [-0.1, -0.05) is 95.5 Å². The average Bonchev–Trinajstić information content (AvgIpc) is 3.38. The van der Waals surface area contributed by atoms with E-state index in [2.05, 4.69) is 52.0 Å². The number of methoxy groups -OCH3 is 1. The molecular weight excluding hydrogens is 328 g/mol. The lowest BCUT2D eigenvalue weighted by Gasteiger charge is -2.43. The number of ether oxygens (including phenoxy) is 1. The minimum absolute atomic E-state index is 0.0132. The van der Waals surface area contributed by atoms with Gasteiger partial charge in [-0.15, -0.1) is 0 Å². The standard InChI is InChI=1S/C19H28O.C7H16/c1-15-11-13-18(14-12-15)19(20-2,16-7-3-4-8-16)17-9-5-6-10-17;1-4-5-6-7(2)3/h11-14,16-17H,3-10H2,1-2H3;7H,4-6H2,1-3H3. The summed E-state index contributed by atoms with van der Waals surface area (Å²) in [6, 6.07) is 9.17. The van der Waals surface area contributed by atoms with Gasteiger partial charge in [-0.3, -0.25) is 0 Å². The number of unbranched alkanes of at least 4 members (excludes halogenated alkanes) is 1. The van der Waals surface area contributed by atoms with Crippen LogP contribution < -0.4 is 0 Å². The van der Waals surface area contributed by atoms with Crippen molar-refractivity contribution < 1.29 is 4.74 Å². The van der Waals surface area contributed by atoms with Crippen molar-refractivity contribution in [1.82, 2.24) is 0 Å². The Kier molecular flexibility index (Phi) is 9.36. The first kappa shape index (κ1) is 22.5. The maximum atomic E-state index is 6.33. The van der Waals surface area contributed by atoms with Gasteiger partial charge in [0, 0.05) is 7.11 Å². The maximum Gasteiger partial charge on any atom is 0.0983 e. The molecule has 2 aliphatic carbocycles. The fourth-order valence-corrected chi connectivity index (χ4v) is 5.39. The number of hydrogen-bond acceptors (Lipinski definition) is 1. The van der Waals surface area contributed by atoms with Gasteiger partial charge in [0.05, 0.1) is 5.60 Å². The molecule has 0 unspecified atom stereocenters. The molecule has 1 heteroatoms. The van der Waals surface area contributed by atoms with Crippen LogP contribution in [0.1, 0.15) is 103 Å². The second kappa shape index (κ2) is 11.2. The predicted octanol–water partition coefficient (Wildman–Crippen LogP) is 8.05. The van der Waals surface area contributed by atoms with Crippen molar-refractivity contribution in [3.05, 3.63) is 35.4 Å². The second-order valence-electron chi connectivity index (χ2n) is 9.36. The van der Waals surface area contributed by atoms with Crippen molar-refractivity contribution in [2.24, 2.45) is 17.8 Å². The van der Waals surface area contributed by atoms with Crippen LogP contribution in [0.3, 0.4) is 0 Å². The highest BCUT2D eigenvalue weighted by atomic mass is 16.5. The van der Waals surface area contributed by atoms with E-state index in [-0.39, 0.29) is 5.60 Å². The Morgan fingerprint density at radius 2 is 1.41 bits per heavy atom. The van der Waals surface area contributed by atoms with E-state index in [1.807, 2.05) is 7.11 Å². The number of aryl methyl sites for hydroxylation is 1. The number of rotatable bonds is 7. The van der Waals surface area contributed by atoms with Crippen LogP contribution in [0.25, 0.3) is 0 Å².